The summed E-state index contributed by atoms with van der Waals surface area (Å²) < 4.78 is 0. The minimum atomic E-state index is -0.249. The van der Waals surface area contributed by atoms with Crippen molar-refractivity contribution in [3.05, 3.63) is 41.4 Å². The molecule has 1 unspecified atom stereocenters. The fourth-order valence-corrected chi connectivity index (χ4v) is 1.19. The average Bonchev–Trinajstić information content (AvgIpc) is 2.08. The van der Waals surface area contributed by atoms with E-state index in [1.807, 2.05) is 0 Å². The van der Waals surface area contributed by atoms with Crippen LogP contribution in [0.2, 0.25) is 5.02 Å². The van der Waals surface area contributed by atoms with Crippen molar-refractivity contribution in [1.82, 2.24) is 0 Å². The van der Waals surface area contributed by atoms with E-state index in [1.54, 1.807) is 24.3 Å². The first-order valence-electron chi connectivity index (χ1n) is 3.58. The molecule has 2 nitrogen and oxygen atoms in total. The number of hydrogen-bond acceptors (Lipinski definition) is 2. The third kappa shape index (κ3) is 1.78. The van der Waals surface area contributed by atoms with Crippen molar-refractivity contribution in [3.8, 4) is 0 Å². The summed E-state index contributed by atoms with van der Waals surface area (Å²) in [5.74, 6) is 0. The van der Waals surface area contributed by atoms with Crippen LogP contribution in [-0.4, -0.2) is 0 Å². The van der Waals surface area contributed by atoms with Crippen molar-refractivity contribution in [2.24, 2.45) is 5.73 Å². The van der Waals surface area contributed by atoms with Crippen molar-refractivity contribution in [3.63, 3.8) is 0 Å². The summed E-state index contributed by atoms with van der Waals surface area (Å²) in [5.41, 5.74) is 12.7. The first-order valence-corrected chi connectivity index (χ1v) is 3.96. The van der Waals surface area contributed by atoms with E-state index in [2.05, 4.69) is 6.58 Å². The number of hydrogen-bond donors (Lipinski definition) is 2. The summed E-state index contributed by atoms with van der Waals surface area (Å²) in [6.45, 7) is 3.58. The lowest BCUT2D eigenvalue weighted by Gasteiger charge is -2.09. The van der Waals surface area contributed by atoms with Gasteiger partial charge in [-0.2, -0.15) is 0 Å². The Morgan fingerprint density at radius 3 is 2.75 bits per heavy atom. The molecule has 1 atom stereocenters. The highest BCUT2D eigenvalue weighted by atomic mass is 35.5. The van der Waals surface area contributed by atoms with E-state index in [4.69, 9.17) is 23.1 Å². The second-order valence-corrected chi connectivity index (χ2v) is 2.95. The molecule has 0 radical (unpaired) electrons. The molecule has 0 saturated heterocycles. The van der Waals surface area contributed by atoms with Crippen molar-refractivity contribution in [2.75, 3.05) is 5.73 Å². The third-order valence-electron chi connectivity index (χ3n) is 1.63. The molecule has 4 N–H and O–H groups in total. The van der Waals surface area contributed by atoms with Crippen LogP contribution in [-0.2, 0) is 0 Å². The van der Waals surface area contributed by atoms with Crippen LogP contribution in [0.25, 0.3) is 0 Å². The van der Waals surface area contributed by atoms with Gasteiger partial charge >= 0.3 is 0 Å². The Hall–Kier alpha value is -0.990. The molecule has 0 amide bonds. The molecule has 0 aliphatic carbocycles. The normalized spacial score (nSPS) is 12.5. The molecule has 64 valence electrons. The van der Waals surface area contributed by atoms with E-state index in [-0.39, 0.29) is 6.04 Å². The van der Waals surface area contributed by atoms with Gasteiger partial charge in [-0.15, -0.1) is 6.58 Å². The van der Waals surface area contributed by atoms with Crippen LogP contribution in [0, 0.1) is 0 Å². The molecule has 0 fully saturated rings. The Labute approximate surface area is 76.8 Å². The summed E-state index contributed by atoms with van der Waals surface area (Å²) in [5, 5.41) is 0.622. The molecule has 0 aliphatic rings. The van der Waals surface area contributed by atoms with Gasteiger partial charge in [-0.05, 0) is 23.8 Å². The van der Waals surface area contributed by atoms with Gasteiger partial charge in [0.2, 0.25) is 0 Å². The SMILES string of the molecule is C=CC(N)c1cc(N)ccc1Cl. The Morgan fingerprint density at radius 2 is 2.17 bits per heavy atom. The zero-order valence-corrected chi connectivity index (χ0v) is 7.38. The third-order valence-corrected chi connectivity index (χ3v) is 1.98. The van der Waals surface area contributed by atoms with Gasteiger partial charge in [0.1, 0.15) is 0 Å². The minimum Gasteiger partial charge on any atom is -0.399 e. The highest BCUT2D eigenvalue weighted by molar-refractivity contribution is 6.31. The summed E-state index contributed by atoms with van der Waals surface area (Å²) in [4.78, 5) is 0. The minimum absolute atomic E-state index is 0.249. The Bertz CT molecular complexity index is 297. The van der Waals surface area contributed by atoms with Crippen LogP contribution in [0.1, 0.15) is 11.6 Å². The van der Waals surface area contributed by atoms with Crippen LogP contribution in [0.3, 0.4) is 0 Å². The van der Waals surface area contributed by atoms with Gasteiger partial charge in [-0.1, -0.05) is 17.7 Å². The van der Waals surface area contributed by atoms with Crippen LogP contribution >= 0.6 is 11.6 Å². The molecule has 0 bridgehead atoms. The van der Waals surface area contributed by atoms with Crippen LogP contribution in [0.15, 0.2) is 30.9 Å². The fourth-order valence-electron chi connectivity index (χ4n) is 0.945. The van der Waals surface area contributed by atoms with Crippen LogP contribution < -0.4 is 11.5 Å². The second-order valence-electron chi connectivity index (χ2n) is 2.54. The summed E-state index contributed by atoms with van der Waals surface area (Å²) >= 11 is 5.89. The number of benzene rings is 1. The van der Waals surface area contributed by atoms with Gasteiger partial charge < -0.3 is 11.5 Å². The molecule has 0 spiro atoms. The van der Waals surface area contributed by atoms with Crippen molar-refractivity contribution in [2.45, 2.75) is 6.04 Å². The molecule has 1 aromatic carbocycles. The maximum Gasteiger partial charge on any atom is 0.0494 e. The lowest BCUT2D eigenvalue weighted by molar-refractivity contribution is 0.915. The predicted molar refractivity (Wildman–Crippen MR) is 53.0 cm³/mol. The highest BCUT2D eigenvalue weighted by Gasteiger charge is 2.05. The average molecular weight is 183 g/mol. The molecular weight excluding hydrogens is 172 g/mol. The maximum absolute atomic E-state index is 5.89. The van der Waals surface area contributed by atoms with E-state index in [9.17, 15) is 0 Å². The van der Waals surface area contributed by atoms with Crippen molar-refractivity contribution < 1.29 is 0 Å². The first kappa shape index (κ1) is 9.10. The van der Waals surface area contributed by atoms with E-state index >= 15 is 0 Å². The Balaban J connectivity index is 3.12. The first-order chi connectivity index (χ1) is 5.65. The van der Waals surface area contributed by atoms with Gasteiger partial charge in [0.25, 0.3) is 0 Å². The Morgan fingerprint density at radius 1 is 1.50 bits per heavy atom. The monoisotopic (exact) mass is 182 g/mol. The molecular formula is C9H11ClN2. The number of rotatable bonds is 2. The molecule has 12 heavy (non-hydrogen) atoms. The molecule has 1 rings (SSSR count). The summed E-state index contributed by atoms with van der Waals surface area (Å²) in [6, 6.07) is 4.98. The molecule has 0 aliphatic heterocycles. The molecule has 0 saturated carbocycles. The standard InChI is InChI=1S/C9H11ClN2/c1-2-9(12)7-5-6(11)3-4-8(7)10/h2-5,9H,1,11-12H2. The van der Waals surface area contributed by atoms with Gasteiger partial charge in [-0.3, -0.25) is 0 Å². The van der Waals surface area contributed by atoms with Crippen LogP contribution in [0.5, 0.6) is 0 Å². The zero-order chi connectivity index (χ0) is 9.14. The van der Waals surface area contributed by atoms with Crippen LogP contribution in [0.4, 0.5) is 5.69 Å². The van der Waals surface area contributed by atoms with E-state index in [0.29, 0.717) is 10.7 Å². The maximum atomic E-state index is 5.89. The summed E-state index contributed by atoms with van der Waals surface area (Å²) in [7, 11) is 0. The van der Waals surface area contributed by atoms with Gasteiger partial charge in [0.15, 0.2) is 0 Å². The van der Waals surface area contributed by atoms with Gasteiger partial charge in [-0.25, -0.2) is 0 Å². The van der Waals surface area contributed by atoms with Gasteiger partial charge in [0.05, 0.1) is 0 Å². The molecule has 0 aromatic heterocycles. The van der Waals surface area contributed by atoms with Gasteiger partial charge in [0, 0.05) is 16.8 Å². The smallest absolute Gasteiger partial charge is 0.0494 e. The number of anilines is 1. The topological polar surface area (TPSA) is 52.0 Å². The number of nitrogen functional groups attached to an aromatic ring is 1. The Kier molecular flexibility index (Phi) is 2.74. The largest absolute Gasteiger partial charge is 0.399 e. The van der Waals surface area contributed by atoms with E-state index in [1.165, 1.54) is 0 Å². The fraction of sp³-hybridized carbons (Fsp3) is 0.111. The lowest BCUT2D eigenvalue weighted by atomic mass is 10.1. The van der Waals surface area contributed by atoms with Crippen molar-refractivity contribution in [1.29, 1.82) is 0 Å². The quantitative estimate of drug-likeness (QED) is 0.544. The second kappa shape index (κ2) is 3.61. The predicted octanol–water partition coefficient (Wildman–Crippen LogP) is 2.11. The van der Waals surface area contributed by atoms with E-state index < -0.39 is 0 Å². The zero-order valence-electron chi connectivity index (χ0n) is 6.63. The molecule has 3 heteroatoms. The highest BCUT2D eigenvalue weighted by Crippen LogP contribution is 2.24. The lowest BCUT2D eigenvalue weighted by Crippen LogP contribution is -2.07. The van der Waals surface area contributed by atoms with Crippen molar-refractivity contribution >= 4 is 17.3 Å². The number of halogens is 1. The van der Waals surface area contributed by atoms with E-state index in [0.717, 1.165) is 5.56 Å². The summed E-state index contributed by atoms with van der Waals surface area (Å²) in [6.07, 6.45) is 1.63. The number of nitrogens with two attached hydrogens (primary N) is 2. The molecule has 0 heterocycles. The molecule has 1 aromatic rings.